The van der Waals surface area contributed by atoms with Crippen LogP contribution in [0.2, 0.25) is 5.02 Å². The van der Waals surface area contributed by atoms with Crippen LogP contribution in [-0.2, 0) is 9.53 Å². The Morgan fingerprint density at radius 3 is 2.62 bits per heavy atom. The molecule has 1 aromatic rings. The number of carbonyl (C=O) groups excluding carboxylic acids is 1. The first kappa shape index (κ1) is 20.3. The zero-order valence-electron chi connectivity index (χ0n) is 15.0. The van der Waals surface area contributed by atoms with E-state index < -0.39 is 5.97 Å². The Bertz CT molecular complexity index is 645. The quantitative estimate of drug-likeness (QED) is 0.740. The van der Waals surface area contributed by atoms with Crippen molar-refractivity contribution in [3.63, 3.8) is 0 Å². The largest absolute Gasteiger partial charge is 0.493 e. The summed E-state index contributed by atoms with van der Waals surface area (Å²) in [6, 6.07) is 3.04. The molecule has 1 aromatic carbocycles. The fourth-order valence-electron chi connectivity index (χ4n) is 2.96. The Morgan fingerprint density at radius 2 is 2.04 bits per heavy atom. The van der Waals surface area contributed by atoms with E-state index in [-0.39, 0.29) is 29.9 Å². The van der Waals surface area contributed by atoms with Gasteiger partial charge in [-0.1, -0.05) is 11.6 Å². The number of amides is 1. The zero-order chi connectivity index (χ0) is 19.1. The molecule has 26 heavy (non-hydrogen) atoms. The second-order valence-electron chi connectivity index (χ2n) is 5.91. The number of carboxylic acid groups (broad SMARTS) is 1. The summed E-state index contributed by atoms with van der Waals surface area (Å²) in [4.78, 5) is 25.7. The lowest BCUT2D eigenvalue weighted by Crippen LogP contribution is -2.44. The standard InChI is InChI=1S/C18H24ClNO6/c1-3-26-17-14(19)10-12(11-15(17)24-2)18(23)20(7-4-16(21)22)13-5-8-25-9-6-13/h10-11,13H,3-9H2,1-2H3,(H,21,22). The first-order valence-electron chi connectivity index (χ1n) is 8.58. The number of nitrogens with zero attached hydrogens (tertiary/aromatic N) is 1. The van der Waals surface area contributed by atoms with E-state index in [0.717, 1.165) is 0 Å². The molecule has 0 saturated carbocycles. The van der Waals surface area contributed by atoms with Crippen LogP contribution in [0.5, 0.6) is 11.5 Å². The van der Waals surface area contributed by atoms with E-state index in [1.807, 2.05) is 6.92 Å². The van der Waals surface area contributed by atoms with Gasteiger partial charge in [0.1, 0.15) is 0 Å². The topological polar surface area (TPSA) is 85.3 Å². The van der Waals surface area contributed by atoms with Crippen LogP contribution in [0.4, 0.5) is 0 Å². The highest BCUT2D eigenvalue weighted by Gasteiger charge is 2.28. The molecule has 8 heteroatoms. The molecule has 1 saturated heterocycles. The number of ether oxygens (including phenoxy) is 3. The molecule has 1 heterocycles. The molecule has 0 atom stereocenters. The summed E-state index contributed by atoms with van der Waals surface area (Å²) in [5.41, 5.74) is 0.340. The lowest BCUT2D eigenvalue weighted by Gasteiger charge is -2.34. The molecule has 0 radical (unpaired) electrons. The molecule has 1 N–H and O–H groups in total. The summed E-state index contributed by atoms with van der Waals surface area (Å²) in [6.07, 6.45) is 1.23. The fraction of sp³-hybridized carbons (Fsp3) is 0.556. The van der Waals surface area contributed by atoms with Gasteiger partial charge in [-0.25, -0.2) is 0 Å². The van der Waals surface area contributed by atoms with Crippen molar-refractivity contribution in [2.24, 2.45) is 0 Å². The minimum atomic E-state index is -0.947. The van der Waals surface area contributed by atoms with E-state index in [1.54, 1.807) is 11.0 Å². The van der Waals surface area contributed by atoms with Gasteiger partial charge in [0.05, 0.1) is 25.2 Å². The normalized spacial score (nSPS) is 14.7. The Hall–Kier alpha value is -1.99. The van der Waals surface area contributed by atoms with E-state index in [4.69, 9.17) is 30.9 Å². The van der Waals surface area contributed by atoms with E-state index >= 15 is 0 Å². The third-order valence-corrected chi connectivity index (χ3v) is 4.50. The van der Waals surface area contributed by atoms with Gasteiger partial charge in [-0.2, -0.15) is 0 Å². The van der Waals surface area contributed by atoms with Crippen LogP contribution in [-0.4, -0.2) is 61.4 Å². The minimum Gasteiger partial charge on any atom is -0.493 e. The molecule has 0 spiro atoms. The predicted octanol–water partition coefficient (Wildman–Crippen LogP) is 2.84. The summed E-state index contributed by atoms with van der Waals surface area (Å²) in [5, 5.41) is 9.29. The predicted molar refractivity (Wildman–Crippen MR) is 96.3 cm³/mol. The monoisotopic (exact) mass is 385 g/mol. The molecule has 1 aliphatic rings. The minimum absolute atomic E-state index is 0.0630. The molecule has 1 fully saturated rings. The van der Waals surface area contributed by atoms with Gasteiger partial charge in [-0.3, -0.25) is 9.59 Å². The molecule has 7 nitrogen and oxygen atoms in total. The number of aliphatic carboxylic acids is 1. The molecular weight excluding hydrogens is 362 g/mol. The van der Waals surface area contributed by atoms with Crippen molar-refractivity contribution in [1.82, 2.24) is 4.90 Å². The summed E-state index contributed by atoms with van der Waals surface area (Å²) in [7, 11) is 1.48. The molecule has 2 rings (SSSR count). The Kier molecular flexibility index (Phi) is 7.53. The van der Waals surface area contributed by atoms with Crippen molar-refractivity contribution >= 4 is 23.5 Å². The van der Waals surface area contributed by atoms with Gasteiger partial charge in [-0.05, 0) is 31.9 Å². The van der Waals surface area contributed by atoms with Crippen LogP contribution in [0.15, 0.2) is 12.1 Å². The molecule has 0 bridgehead atoms. The Morgan fingerprint density at radius 1 is 1.35 bits per heavy atom. The van der Waals surface area contributed by atoms with Crippen molar-refractivity contribution in [3.8, 4) is 11.5 Å². The molecule has 0 unspecified atom stereocenters. The number of carbonyl (C=O) groups is 2. The smallest absolute Gasteiger partial charge is 0.305 e. The number of benzene rings is 1. The van der Waals surface area contributed by atoms with Gasteiger partial charge in [0.2, 0.25) is 0 Å². The molecule has 1 amide bonds. The highest BCUT2D eigenvalue weighted by molar-refractivity contribution is 6.32. The Balaban J connectivity index is 2.31. The first-order chi connectivity index (χ1) is 12.5. The molecular formula is C18H24ClNO6. The van der Waals surface area contributed by atoms with Crippen LogP contribution in [0.3, 0.4) is 0 Å². The number of hydrogen-bond donors (Lipinski definition) is 1. The summed E-state index contributed by atoms with van der Waals surface area (Å²) in [5.74, 6) is -0.470. The van der Waals surface area contributed by atoms with Gasteiger partial charge in [0.25, 0.3) is 5.91 Å². The summed E-state index contributed by atoms with van der Waals surface area (Å²) >= 11 is 6.26. The second-order valence-corrected chi connectivity index (χ2v) is 6.32. The highest BCUT2D eigenvalue weighted by atomic mass is 35.5. The highest BCUT2D eigenvalue weighted by Crippen LogP contribution is 2.37. The van der Waals surface area contributed by atoms with Crippen molar-refractivity contribution < 1.29 is 28.9 Å². The van der Waals surface area contributed by atoms with Crippen molar-refractivity contribution in [1.29, 1.82) is 0 Å². The van der Waals surface area contributed by atoms with Crippen molar-refractivity contribution in [2.45, 2.75) is 32.2 Å². The molecule has 1 aliphatic heterocycles. The number of methoxy groups -OCH3 is 1. The van der Waals surface area contributed by atoms with Gasteiger partial charge in [0, 0.05) is 31.4 Å². The van der Waals surface area contributed by atoms with Crippen LogP contribution in [0, 0.1) is 0 Å². The first-order valence-corrected chi connectivity index (χ1v) is 8.96. The van der Waals surface area contributed by atoms with Crippen LogP contribution in [0.1, 0.15) is 36.5 Å². The van der Waals surface area contributed by atoms with E-state index in [1.165, 1.54) is 13.2 Å². The van der Waals surface area contributed by atoms with Crippen molar-refractivity contribution in [3.05, 3.63) is 22.7 Å². The average molecular weight is 386 g/mol. The van der Waals surface area contributed by atoms with Crippen LogP contribution >= 0.6 is 11.6 Å². The van der Waals surface area contributed by atoms with E-state index in [0.29, 0.717) is 49.7 Å². The lowest BCUT2D eigenvalue weighted by atomic mass is 10.0. The van der Waals surface area contributed by atoms with Crippen molar-refractivity contribution in [2.75, 3.05) is 33.5 Å². The van der Waals surface area contributed by atoms with Gasteiger partial charge < -0.3 is 24.2 Å². The maximum atomic E-state index is 13.1. The van der Waals surface area contributed by atoms with Gasteiger partial charge in [-0.15, -0.1) is 0 Å². The van der Waals surface area contributed by atoms with Crippen LogP contribution < -0.4 is 9.47 Å². The fourth-order valence-corrected chi connectivity index (χ4v) is 3.22. The third-order valence-electron chi connectivity index (χ3n) is 4.22. The number of halogens is 1. The van der Waals surface area contributed by atoms with E-state index in [2.05, 4.69) is 0 Å². The number of carboxylic acids is 1. The third kappa shape index (κ3) is 5.02. The molecule has 0 aromatic heterocycles. The maximum Gasteiger partial charge on any atom is 0.305 e. The molecule has 144 valence electrons. The van der Waals surface area contributed by atoms with E-state index in [9.17, 15) is 9.59 Å². The average Bonchev–Trinajstić information content (AvgIpc) is 2.63. The number of rotatable bonds is 8. The zero-order valence-corrected chi connectivity index (χ0v) is 15.8. The number of hydrogen-bond acceptors (Lipinski definition) is 5. The Labute approximate surface area is 157 Å². The summed E-state index contributed by atoms with van der Waals surface area (Å²) in [6.45, 7) is 3.47. The van der Waals surface area contributed by atoms with Gasteiger partial charge >= 0.3 is 5.97 Å². The SMILES string of the molecule is CCOc1c(Cl)cc(C(=O)N(CCC(=O)O)C2CCOCC2)cc1OC. The maximum absolute atomic E-state index is 13.1. The van der Waals surface area contributed by atoms with Crippen LogP contribution in [0.25, 0.3) is 0 Å². The lowest BCUT2D eigenvalue weighted by molar-refractivity contribution is -0.137. The molecule has 0 aliphatic carbocycles. The van der Waals surface area contributed by atoms with Gasteiger partial charge in [0.15, 0.2) is 11.5 Å². The second kappa shape index (κ2) is 9.64. The summed E-state index contributed by atoms with van der Waals surface area (Å²) < 4.78 is 16.1.